The number of hydrogen-bond acceptors (Lipinski definition) is 3. The summed E-state index contributed by atoms with van der Waals surface area (Å²) >= 11 is 1.62. The SMILES string of the molecule is CC(Cc1ccsc1)NC(=O)NC(C)(C(=O)O)C1CC1. The van der Waals surface area contributed by atoms with Crippen LogP contribution in [0.25, 0.3) is 0 Å². The van der Waals surface area contributed by atoms with Crippen LogP contribution in [0.5, 0.6) is 0 Å². The lowest BCUT2D eigenvalue weighted by atomic mass is 9.96. The molecule has 2 atom stereocenters. The van der Waals surface area contributed by atoms with Gasteiger partial charge in [-0.1, -0.05) is 0 Å². The van der Waals surface area contributed by atoms with Gasteiger partial charge in [0.1, 0.15) is 5.54 Å². The van der Waals surface area contributed by atoms with E-state index in [4.69, 9.17) is 0 Å². The van der Waals surface area contributed by atoms with Crippen molar-refractivity contribution in [3.63, 3.8) is 0 Å². The second-order valence-electron chi connectivity index (χ2n) is 5.62. The summed E-state index contributed by atoms with van der Waals surface area (Å²) in [6.45, 7) is 3.49. The smallest absolute Gasteiger partial charge is 0.329 e. The Kier molecular flexibility index (Phi) is 4.32. The van der Waals surface area contributed by atoms with Gasteiger partial charge in [-0.25, -0.2) is 9.59 Å². The van der Waals surface area contributed by atoms with E-state index in [0.717, 1.165) is 19.3 Å². The Hall–Kier alpha value is -1.56. The molecule has 0 saturated heterocycles. The molecule has 2 amide bonds. The normalized spacial score (nSPS) is 18.9. The summed E-state index contributed by atoms with van der Waals surface area (Å²) in [6.07, 6.45) is 2.45. The zero-order valence-electron chi connectivity index (χ0n) is 11.7. The molecule has 1 aromatic heterocycles. The molecule has 1 saturated carbocycles. The van der Waals surface area contributed by atoms with Gasteiger partial charge in [-0.05, 0) is 61.4 Å². The number of nitrogens with one attached hydrogen (secondary N) is 2. The highest BCUT2D eigenvalue weighted by atomic mass is 32.1. The van der Waals surface area contributed by atoms with Crippen LogP contribution in [0.4, 0.5) is 4.79 Å². The number of amides is 2. The van der Waals surface area contributed by atoms with E-state index in [1.165, 1.54) is 5.56 Å². The van der Waals surface area contributed by atoms with Crippen LogP contribution in [0.1, 0.15) is 32.3 Å². The molecule has 5 nitrogen and oxygen atoms in total. The number of urea groups is 1. The van der Waals surface area contributed by atoms with Crippen molar-refractivity contribution in [3.05, 3.63) is 22.4 Å². The summed E-state index contributed by atoms with van der Waals surface area (Å²) < 4.78 is 0. The lowest BCUT2D eigenvalue weighted by Crippen LogP contribution is -2.57. The highest BCUT2D eigenvalue weighted by Crippen LogP contribution is 2.39. The minimum absolute atomic E-state index is 0.0397. The topological polar surface area (TPSA) is 78.4 Å². The third-order valence-electron chi connectivity index (χ3n) is 3.71. The van der Waals surface area contributed by atoms with E-state index in [1.54, 1.807) is 18.3 Å². The largest absolute Gasteiger partial charge is 0.480 e. The second kappa shape index (κ2) is 5.83. The number of carboxylic acid groups (broad SMARTS) is 1. The first kappa shape index (κ1) is 14.8. The highest BCUT2D eigenvalue weighted by molar-refractivity contribution is 7.07. The minimum atomic E-state index is -1.16. The van der Waals surface area contributed by atoms with Crippen molar-refractivity contribution in [1.29, 1.82) is 0 Å². The van der Waals surface area contributed by atoms with Gasteiger partial charge in [-0.2, -0.15) is 11.3 Å². The molecule has 1 fully saturated rings. The van der Waals surface area contributed by atoms with Crippen LogP contribution in [-0.4, -0.2) is 28.7 Å². The second-order valence-corrected chi connectivity index (χ2v) is 6.40. The fourth-order valence-corrected chi connectivity index (χ4v) is 2.98. The third-order valence-corrected chi connectivity index (χ3v) is 4.44. The molecule has 1 aliphatic carbocycles. The van der Waals surface area contributed by atoms with E-state index in [-0.39, 0.29) is 12.0 Å². The fourth-order valence-electron chi connectivity index (χ4n) is 2.30. The lowest BCUT2D eigenvalue weighted by Gasteiger charge is -2.27. The number of rotatable bonds is 6. The number of carboxylic acids is 1. The number of carbonyl (C=O) groups excluding carboxylic acids is 1. The fraction of sp³-hybridized carbons (Fsp3) is 0.571. The Balaban J connectivity index is 1.86. The molecular formula is C14H20N2O3S. The first-order chi connectivity index (χ1) is 9.41. The van der Waals surface area contributed by atoms with E-state index in [2.05, 4.69) is 10.6 Å². The Bertz CT molecular complexity index is 485. The quantitative estimate of drug-likeness (QED) is 0.753. The average molecular weight is 296 g/mol. The number of hydrogen-bond donors (Lipinski definition) is 3. The van der Waals surface area contributed by atoms with E-state index >= 15 is 0 Å². The van der Waals surface area contributed by atoms with E-state index in [0.29, 0.717) is 0 Å². The summed E-state index contributed by atoms with van der Waals surface area (Å²) in [5.74, 6) is -0.932. The standard InChI is InChI=1S/C14H20N2O3S/c1-9(7-10-5-6-20-8-10)15-13(19)16-14(2,12(17)18)11-3-4-11/h5-6,8-9,11H,3-4,7H2,1-2H3,(H,17,18)(H2,15,16,19). The highest BCUT2D eigenvalue weighted by Gasteiger charge is 2.48. The third kappa shape index (κ3) is 3.50. The van der Waals surface area contributed by atoms with Gasteiger partial charge >= 0.3 is 12.0 Å². The Morgan fingerprint density at radius 1 is 1.55 bits per heavy atom. The number of carbonyl (C=O) groups is 2. The van der Waals surface area contributed by atoms with Crippen LogP contribution >= 0.6 is 11.3 Å². The Labute approximate surface area is 122 Å². The van der Waals surface area contributed by atoms with Gasteiger partial charge < -0.3 is 15.7 Å². The van der Waals surface area contributed by atoms with Crippen LogP contribution in [0, 0.1) is 5.92 Å². The molecule has 20 heavy (non-hydrogen) atoms. The molecule has 1 aliphatic rings. The molecule has 0 bridgehead atoms. The van der Waals surface area contributed by atoms with Crippen molar-refractivity contribution < 1.29 is 14.7 Å². The first-order valence-electron chi connectivity index (χ1n) is 6.75. The Morgan fingerprint density at radius 2 is 2.25 bits per heavy atom. The van der Waals surface area contributed by atoms with Crippen molar-refractivity contribution in [1.82, 2.24) is 10.6 Å². The van der Waals surface area contributed by atoms with Gasteiger partial charge in [-0.15, -0.1) is 0 Å². The van der Waals surface area contributed by atoms with Crippen molar-refractivity contribution >= 4 is 23.3 Å². The molecule has 2 rings (SSSR count). The molecule has 1 aromatic rings. The average Bonchev–Trinajstić information content (AvgIpc) is 3.09. The summed E-state index contributed by atoms with van der Waals surface area (Å²) in [6, 6.07) is 1.57. The van der Waals surface area contributed by atoms with Gasteiger partial charge in [0, 0.05) is 6.04 Å². The number of thiophene rings is 1. The van der Waals surface area contributed by atoms with Gasteiger partial charge in [0.25, 0.3) is 0 Å². The Morgan fingerprint density at radius 3 is 2.75 bits per heavy atom. The molecule has 0 aliphatic heterocycles. The van der Waals surface area contributed by atoms with Crippen LogP contribution in [0.3, 0.4) is 0 Å². The molecule has 1 heterocycles. The summed E-state index contributed by atoms with van der Waals surface area (Å²) in [7, 11) is 0. The predicted molar refractivity (Wildman–Crippen MR) is 77.9 cm³/mol. The molecule has 0 aromatic carbocycles. The van der Waals surface area contributed by atoms with Crippen LogP contribution in [-0.2, 0) is 11.2 Å². The van der Waals surface area contributed by atoms with Crippen molar-refractivity contribution in [2.24, 2.45) is 5.92 Å². The zero-order valence-corrected chi connectivity index (χ0v) is 12.5. The zero-order chi connectivity index (χ0) is 14.8. The van der Waals surface area contributed by atoms with Gasteiger partial charge in [0.15, 0.2) is 0 Å². The predicted octanol–water partition coefficient (Wildman–Crippen LogP) is 2.23. The van der Waals surface area contributed by atoms with Crippen LogP contribution < -0.4 is 10.6 Å². The summed E-state index contributed by atoms with van der Waals surface area (Å²) in [5.41, 5.74) is 0.0117. The molecule has 2 unspecified atom stereocenters. The van der Waals surface area contributed by atoms with Crippen molar-refractivity contribution in [3.8, 4) is 0 Å². The maximum absolute atomic E-state index is 12.0. The minimum Gasteiger partial charge on any atom is -0.480 e. The maximum Gasteiger partial charge on any atom is 0.329 e. The molecule has 110 valence electrons. The molecule has 6 heteroatoms. The monoisotopic (exact) mass is 296 g/mol. The lowest BCUT2D eigenvalue weighted by molar-refractivity contribution is -0.144. The first-order valence-corrected chi connectivity index (χ1v) is 7.69. The van der Waals surface area contributed by atoms with Crippen molar-refractivity contribution in [2.75, 3.05) is 0 Å². The molecule has 3 N–H and O–H groups in total. The number of aliphatic carboxylic acids is 1. The van der Waals surface area contributed by atoms with Gasteiger partial charge in [0.2, 0.25) is 0 Å². The van der Waals surface area contributed by atoms with E-state index in [1.807, 2.05) is 23.8 Å². The maximum atomic E-state index is 12.0. The molecular weight excluding hydrogens is 276 g/mol. The van der Waals surface area contributed by atoms with Gasteiger partial charge in [0.05, 0.1) is 0 Å². The van der Waals surface area contributed by atoms with Gasteiger partial charge in [-0.3, -0.25) is 0 Å². The molecule has 0 spiro atoms. The van der Waals surface area contributed by atoms with Crippen LogP contribution in [0.2, 0.25) is 0 Å². The molecule has 0 radical (unpaired) electrons. The summed E-state index contributed by atoms with van der Waals surface area (Å²) in [5, 5.41) is 18.8. The van der Waals surface area contributed by atoms with E-state index in [9.17, 15) is 14.7 Å². The van der Waals surface area contributed by atoms with Crippen molar-refractivity contribution in [2.45, 2.75) is 44.7 Å². The van der Waals surface area contributed by atoms with E-state index < -0.39 is 17.5 Å². The van der Waals surface area contributed by atoms with Crippen LogP contribution in [0.15, 0.2) is 16.8 Å². The summed E-state index contributed by atoms with van der Waals surface area (Å²) in [4.78, 5) is 23.3.